The van der Waals surface area contributed by atoms with Crippen molar-refractivity contribution in [3.63, 3.8) is 0 Å². The topological polar surface area (TPSA) is 69.7 Å². The second-order valence-electron chi connectivity index (χ2n) is 8.86. The third-order valence-corrected chi connectivity index (χ3v) is 6.61. The van der Waals surface area contributed by atoms with Gasteiger partial charge in [-0.3, -0.25) is 14.4 Å². The van der Waals surface area contributed by atoms with Crippen LogP contribution in [0.3, 0.4) is 0 Å². The third kappa shape index (κ3) is 5.33. The Morgan fingerprint density at radius 1 is 1.09 bits per heavy atom. The largest absolute Gasteiger partial charge is 0.354 e. The minimum absolute atomic E-state index is 0.0349. The maximum absolute atomic E-state index is 13.3. The van der Waals surface area contributed by atoms with Crippen LogP contribution in [0.4, 0.5) is 5.69 Å². The molecule has 3 aromatic carbocycles. The van der Waals surface area contributed by atoms with Gasteiger partial charge in [-0.05, 0) is 55.0 Å². The van der Waals surface area contributed by atoms with Crippen molar-refractivity contribution < 1.29 is 14.4 Å². The highest BCUT2D eigenvalue weighted by Crippen LogP contribution is 2.37. The van der Waals surface area contributed by atoms with Crippen molar-refractivity contribution in [2.75, 3.05) is 18.0 Å². The van der Waals surface area contributed by atoms with Gasteiger partial charge in [-0.25, -0.2) is 0 Å². The highest BCUT2D eigenvalue weighted by Gasteiger charge is 2.30. The van der Waals surface area contributed by atoms with Gasteiger partial charge in [0.1, 0.15) is 6.04 Å². The van der Waals surface area contributed by atoms with Crippen LogP contribution in [0, 0.1) is 0 Å². The van der Waals surface area contributed by atoms with Crippen LogP contribution >= 0.6 is 11.6 Å². The first-order valence-electron chi connectivity index (χ1n) is 12.1. The number of hydrogen-bond acceptors (Lipinski definition) is 3. The van der Waals surface area contributed by atoms with E-state index in [1.807, 2.05) is 55.5 Å². The van der Waals surface area contributed by atoms with E-state index in [2.05, 4.69) is 5.32 Å². The average Bonchev–Trinajstić information content (AvgIpc) is 3.13. The van der Waals surface area contributed by atoms with Gasteiger partial charge < -0.3 is 15.1 Å². The smallest absolute Gasteiger partial charge is 0.258 e. The molecule has 35 heavy (non-hydrogen) atoms. The Morgan fingerprint density at radius 3 is 2.57 bits per heavy atom. The molecule has 0 radical (unpaired) electrons. The van der Waals surface area contributed by atoms with E-state index in [4.69, 9.17) is 11.6 Å². The second-order valence-corrected chi connectivity index (χ2v) is 9.30. The molecule has 0 aromatic heterocycles. The molecule has 1 N–H and O–H groups in total. The quantitative estimate of drug-likeness (QED) is 0.425. The normalized spacial score (nSPS) is 13.2. The summed E-state index contributed by atoms with van der Waals surface area (Å²) in [4.78, 5) is 42.4. The zero-order valence-electron chi connectivity index (χ0n) is 20.1. The van der Waals surface area contributed by atoms with Crippen molar-refractivity contribution in [3.8, 4) is 0 Å². The molecule has 0 spiro atoms. The zero-order chi connectivity index (χ0) is 24.9. The van der Waals surface area contributed by atoms with E-state index in [1.54, 1.807) is 28.9 Å². The molecule has 0 unspecified atom stereocenters. The molecule has 1 aliphatic heterocycles. The van der Waals surface area contributed by atoms with Gasteiger partial charge in [-0.2, -0.15) is 0 Å². The average molecular weight is 492 g/mol. The second kappa shape index (κ2) is 10.9. The number of halogens is 1. The molecule has 0 saturated carbocycles. The molecule has 6 nitrogen and oxygen atoms in total. The Labute approximate surface area is 210 Å². The number of benzene rings is 3. The van der Waals surface area contributed by atoms with Crippen LogP contribution in [0.25, 0.3) is 10.8 Å². The Balaban J connectivity index is 1.45. The van der Waals surface area contributed by atoms with Crippen molar-refractivity contribution in [1.82, 2.24) is 10.2 Å². The Morgan fingerprint density at radius 2 is 1.83 bits per heavy atom. The minimum Gasteiger partial charge on any atom is -0.354 e. The van der Waals surface area contributed by atoms with Crippen LogP contribution in [0.1, 0.15) is 49.0 Å². The monoisotopic (exact) mass is 491 g/mol. The number of amides is 3. The van der Waals surface area contributed by atoms with Gasteiger partial charge in [0.25, 0.3) is 5.91 Å². The standard InChI is InChI=1S/C28H30ClN3O3/c1-3-15-30-27(34)19(2)32(18-20-8-4-11-22(29)17-20)25(33)14-7-16-31-24-13-6-10-21-9-5-12-23(26(21)24)28(31)35/h4-6,8-13,17,19H,3,7,14-16,18H2,1-2H3,(H,30,34)/t19-/m1/s1. The highest BCUT2D eigenvalue weighted by atomic mass is 35.5. The fourth-order valence-corrected chi connectivity index (χ4v) is 4.76. The summed E-state index contributed by atoms with van der Waals surface area (Å²) in [6, 6.07) is 18.3. The summed E-state index contributed by atoms with van der Waals surface area (Å²) < 4.78 is 0. The molecule has 0 bridgehead atoms. The lowest BCUT2D eigenvalue weighted by molar-refractivity contribution is -0.140. The van der Waals surface area contributed by atoms with Crippen LogP contribution in [0.15, 0.2) is 60.7 Å². The van der Waals surface area contributed by atoms with E-state index >= 15 is 0 Å². The lowest BCUT2D eigenvalue weighted by Crippen LogP contribution is -2.47. The summed E-state index contributed by atoms with van der Waals surface area (Å²) in [5.74, 6) is -0.349. The molecule has 3 amide bonds. The summed E-state index contributed by atoms with van der Waals surface area (Å²) in [7, 11) is 0. The Hall–Kier alpha value is -3.38. The fraction of sp³-hybridized carbons (Fsp3) is 0.321. The number of carbonyl (C=O) groups excluding carboxylic acids is 3. The van der Waals surface area contributed by atoms with E-state index in [9.17, 15) is 14.4 Å². The number of anilines is 1. The molecule has 3 aromatic rings. The highest BCUT2D eigenvalue weighted by molar-refractivity contribution is 6.30. The van der Waals surface area contributed by atoms with Crippen LogP contribution < -0.4 is 10.2 Å². The number of hydrogen-bond donors (Lipinski definition) is 1. The summed E-state index contributed by atoms with van der Waals surface area (Å²) in [5.41, 5.74) is 2.45. The maximum Gasteiger partial charge on any atom is 0.258 e. The van der Waals surface area contributed by atoms with E-state index in [1.165, 1.54) is 0 Å². The molecule has 0 fully saturated rings. The first kappa shape index (κ1) is 24.7. The van der Waals surface area contributed by atoms with Crippen LogP contribution in [0.2, 0.25) is 5.02 Å². The predicted octanol–water partition coefficient (Wildman–Crippen LogP) is 5.18. The summed E-state index contributed by atoms with van der Waals surface area (Å²) in [6.45, 7) is 5.01. The lowest BCUT2D eigenvalue weighted by Gasteiger charge is -2.29. The molecule has 0 aliphatic carbocycles. The molecule has 1 atom stereocenters. The van der Waals surface area contributed by atoms with E-state index in [-0.39, 0.29) is 30.7 Å². The van der Waals surface area contributed by atoms with Crippen LogP contribution in [-0.4, -0.2) is 41.8 Å². The maximum atomic E-state index is 13.3. The lowest BCUT2D eigenvalue weighted by atomic mass is 10.1. The first-order valence-corrected chi connectivity index (χ1v) is 12.4. The number of carbonyl (C=O) groups is 3. The van der Waals surface area contributed by atoms with Crippen molar-refractivity contribution >= 4 is 45.8 Å². The van der Waals surface area contributed by atoms with Gasteiger partial charge in [0.05, 0.1) is 5.69 Å². The molecule has 0 saturated heterocycles. The minimum atomic E-state index is -0.626. The molecule has 182 valence electrons. The SMILES string of the molecule is CCCNC(=O)[C@@H](C)N(Cc1cccc(Cl)c1)C(=O)CCCN1C(=O)c2cccc3cccc1c23. The fourth-order valence-electron chi connectivity index (χ4n) is 4.54. The zero-order valence-corrected chi connectivity index (χ0v) is 20.8. The van der Waals surface area contributed by atoms with Gasteiger partial charge in [0.2, 0.25) is 11.8 Å². The van der Waals surface area contributed by atoms with E-state index < -0.39 is 6.04 Å². The molecule has 4 rings (SSSR count). The number of nitrogens with zero attached hydrogens (tertiary/aromatic N) is 2. The number of rotatable bonds is 10. The van der Waals surface area contributed by atoms with Crippen LogP contribution in [-0.2, 0) is 16.1 Å². The van der Waals surface area contributed by atoms with Crippen LogP contribution in [0.5, 0.6) is 0 Å². The van der Waals surface area contributed by atoms with Gasteiger partial charge in [-0.15, -0.1) is 0 Å². The molecule has 7 heteroatoms. The molecular formula is C28H30ClN3O3. The molecular weight excluding hydrogens is 462 g/mol. The Bertz CT molecular complexity index is 1250. The van der Waals surface area contributed by atoms with Gasteiger partial charge in [0, 0.05) is 42.0 Å². The summed E-state index contributed by atoms with van der Waals surface area (Å²) in [6.07, 6.45) is 1.53. The summed E-state index contributed by atoms with van der Waals surface area (Å²) in [5, 5.41) is 5.47. The molecule has 1 heterocycles. The van der Waals surface area contributed by atoms with E-state index in [0.29, 0.717) is 30.1 Å². The van der Waals surface area contributed by atoms with Gasteiger partial charge in [0.15, 0.2) is 0 Å². The molecule has 1 aliphatic rings. The van der Waals surface area contributed by atoms with Crippen molar-refractivity contribution in [1.29, 1.82) is 0 Å². The van der Waals surface area contributed by atoms with Crippen molar-refractivity contribution in [2.24, 2.45) is 0 Å². The Kier molecular flexibility index (Phi) is 7.71. The predicted molar refractivity (Wildman–Crippen MR) is 140 cm³/mol. The van der Waals surface area contributed by atoms with Crippen molar-refractivity contribution in [2.45, 2.75) is 45.7 Å². The first-order chi connectivity index (χ1) is 16.9. The van der Waals surface area contributed by atoms with Gasteiger partial charge >= 0.3 is 0 Å². The van der Waals surface area contributed by atoms with Gasteiger partial charge in [-0.1, -0.05) is 54.9 Å². The van der Waals surface area contributed by atoms with Crippen molar-refractivity contribution in [3.05, 3.63) is 76.8 Å². The van der Waals surface area contributed by atoms with E-state index in [0.717, 1.165) is 28.4 Å². The summed E-state index contributed by atoms with van der Waals surface area (Å²) >= 11 is 6.14. The third-order valence-electron chi connectivity index (χ3n) is 6.38. The number of nitrogens with one attached hydrogen (secondary N) is 1.